The van der Waals surface area contributed by atoms with Gasteiger partial charge in [0.2, 0.25) is 0 Å². The molecule has 0 spiro atoms. The highest BCUT2D eigenvalue weighted by molar-refractivity contribution is 5.80. The summed E-state index contributed by atoms with van der Waals surface area (Å²) in [4.78, 5) is 12.0. The summed E-state index contributed by atoms with van der Waals surface area (Å²) in [6.07, 6.45) is 2.58. The molecule has 158 valence electrons. The number of benzene rings is 2. The fourth-order valence-corrected chi connectivity index (χ4v) is 4.06. The molecule has 0 bridgehead atoms. The number of nitrogens with one attached hydrogen (secondary N) is 2. The fraction of sp³-hybridized carbons (Fsp3) is 0.417. The van der Waals surface area contributed by atoms with Gasteiger partial charge in [0.15, 0.2) is 5.96 Å². The maximum atomic E-state index is 4.81. The molecule has 1 aromatic heterocycles. The summed E-state index contributed by atoms with van der Waals surface area (Å²) in [5, 5.41) is 6.93. The number of fused-ring (bicyclic) bond motifs is 1. The van der Waals surface area contributed by atoms with E-state index in [0.29, 0.717) is 6.54 Å². The lowest BCUT2D eigenvalue weighted by Gasteiger charge is -2.22. The standard InChI is InChI=1S/C24H32N6/c1-4-25-24(26-17-23-28-21-12-5-6-13-22(21)29(23)3)27-18(2)19-10-9-11-20(16-19)30-14-7-8-15-30/h5-6,9-13,16,18H,4,7-8,14-15,17H2,1-3H3,(H2,25,26,27). The molecule has 0 amide bonds. The molecule has 1 aliphatic rings. The maximum Gasteiger partial charge on any atom is 0.192 e. The molecule has 6 heteroatoms. The number of aliphatic imine (C=N–C) groups is 1. The Bertz CT molecular complexity index is 1020. The second-order valence-corrected chi connectivity index (χ2v) is 7.93. The summed E-state index contributed by atoms with van der Waals surface area (Å²) in [5.74, 6) is 1.76. The molecule has 2 heterocycles. The number of guanidine groups is 1. The number of imidazole rings is 1. The van der Waals surface area contributed by atoms with Crippen molar-refractivity contribution < 1.29 is 0 Å². The molecular formula is C24H32N6. The van der Waals surface area contributed by atoms with Crippen molar-refractivity contribution >= 4 is 22.7 Å². The van der Waals surface area contributed by atoms with Crippen LogP contribution in [-0.2, 0) is 13.6 Å². The van der Waals surface area contributed by atoms with E-state index in [4.69, 9.17) is 9.98 Å². The summed E-state index contributed by atoms with van der Waals surface area (Å²) in [6.45, 7) is 7.94. The molecule has 0 radical (unpaired) electrons. The van der Waals surface area contributed by atoms with E-state index in [-0.39, 0.29) is 6.04 Å². The average molecular weight is 405 g/mol. The lowest BCUT2D eigenvalue weighted by Crippen LogP contribution is -2.38. The minimum Gasteiger partial charge on any atom is -0.372 e. The smallest absolute Gasteiger partial charge is 0.192 e. The molecule has 1 aliphatic heterocycles. The molecule has 2 aromatic carbocycles. The third-order valence-corrected chi connectivity index (χ3v) is 5.80. The molecular weight excluding hydrogens is 372 g/mol. The Labute approximate surface area is 179 Å². The zero-order valence-electron chi connectivity index (χ0n) is 18.2. The molecule has 30 heavy (non-hydrogen) atoms. The van der Waals surface area contributed by atoms with E-state index in [1.807, 2.05) is 25.2 Å². The van der Waals surface area contributed by atoms with Crippen LogP contribution in [0.4, 0.5) is 5.69 Å². The summed E-state index contributed by atoms with van der Waals surface area (Å²) in [5.41, 5.74) is 4.73. The summed E-state index contributed by atoms with van der Waals surface area (Å²) >= 11 is 0. The van der Waals surface area contributed by atoms with E-state index in [1.165, 1.54) is 24.1 Å². The zero-order chi connectivity index (χ0) is 20.9. The number of para-hydroxylation sites is 2. The molecule has 1 saturated heterocycles. The third kappa shape index (κ3) is 4.42. The second-order valence-electron chi connectivity index (χ2n) is 7.93. The van der Waals surface area contributed by atoms with E-state index in [2.05, 4.69) is 64.3 Å². The van der Waals surface area contributed by atoms with Crippen molar-refractivity contribution in [2.24, 2.45) is 12.0 Å². The van der Waals surface area contributed by atoms with Gasteiger partial charge in [-0.2, -0.15) is 0 Å². The van der Waals surface area contributed by atoms with E-state index in [1.54, 1.807) is 0 Å². The van der Waals surface area contributed by atoms with Gasteiger partial charge in [0.25, 0.3) is 0 Å². The van der Waals surface area contributed by atoms with Gasteiger partial charge in [-0.3, -0.25) is 0 Å². The van der Waals surface area contributed by atoms with Gasteiger partial charge < -0.3 is 20.1 Å². The Kier molecular flexibility index (Phi) is 6.21. The number of aromatic nitrogens is 2. The normalized spacial score (nSPS) is 15.6. The van der Waals surface area contributed by atoms with Gasteiger partial charge in [-0.25, -0.2) is 9.98 Å². The molecule has 6 nitrogen and oxygen atoms in total. The molecule has 1 atom stereocenters. The van der Waals surface area contributed by atoms with Gasteiger partial charge >= 0.3 is 0 Å². The summed E-state index contributed by atoms with van der Waals surface area (Å²) in [7, 11) is 2.05. The minimum absolute atomic E-state index is 0.158. The van der Waals surface area contributed by atoms with E-state index in [9.17, 15) is 0 Å². The van der Waals surface area contributed by atoms with Crippen molar-refractivity contribution in [1.82, 2.24) is 20.2 Å². The molecule has 2 N–H and O–H groups in total. The van der Waals surface area contributed by atoms with E-state index < -0.39 is 0 Å². The SMILES string of the molecule is CCNC(=NCc1nc2ccccc2n1C)NC(C)c1cccc(N2CCCC2)c1. The number of aryl methyl sites for hydroxylation is 1. The van der Waals surface area contributed by atoms with Crippen LogP contribution in [0.5, 0.6) is 0 Å². The highest BCUT2D eigenvalue weighted by Crippen LogP contribution is 2.24. The predicted molar refractivity (Wildman–Crippen MR) is 125 cm³/mol. The van der Waals surface area contributed by atoms with Crippen LogP contribution in [0.1, 0.15) is 44.1 Å². The first-order chi connectivity index (χ1) is 14.7. The highest BCUT2D eigenvalue weighted by Gasteiger charge is 2.15. The van der Waals surface area contributed by atoms with Crippen LogP contribution >= 0.6 is 0 Å². The Morgan fingerprint density at radius 2 is 1.93 bits per heavy atom. The third-order valence-electron chi connectivity index (χ3n) is 5.80. The maximum absolute atomic E-state index is 4.81. The topological polar surface area (TPSA) is 57.5 Å². The van der Waals surface area contributed by atoms with Gasteiger partial charge in [-0.1, -0.05) is 24.3 Å². The Hall–Kier alpha value is -3.02. The Morgan fingerprint density at radius 3 is 2.70 bits per heavy atom. The average Bonchev–Trinajstić information content (AvgIpc) is 3.41. The Balaban J connectivity index is 1.48. The fourth-order valence-electron chi connectivity index (χ4n) is 4.06. The van der Waals surface area contributed by atoms with Crippen LogP contribution in [0.3, 0.4) is 0 Å². The summed E-state index contributed by atoms with van der Waals surface area (Å²) in [6, 6.07) is 17.2. The van der Waals surface area contributed by atoms with Crippen LogP contribution in [0.15, 0.2) is 53.5 Å². The van der Waals surface area contributed by atoms with E-state index >= 15 is 0 Å². The lowest BCUT2D eigenvalue weighted by molar-refractivity contribution is 0.682. The van der Waals surface area contributed by atoms with Crippen LogP contribution in [-0.4, -0.2) is 35.1 Å². The summed E-state index contributed by atoms with van der Waals surface area (Å²) < 4.78 is 2.12. The predicted octanol–water partition coefficient (Wildman–Crippen LogP) is 3.99. The minimum atomic E-state index is 0.158. The number of rotatable bonds is 6. The number of hydrogen-bond acceptors (Lipinski definition) is 3. The number of hydrogen-bond donors (Lipinski definition) is 2. The first-order valence-corrected chi connectivity index (χ1v) is 11.0. The van der Waals surface area contributed by atoms with Crippen LogP contribution < -0.4 is 15.5 Å². The van der Waals surface area contributed by atoms with Gasteiger partial charge in [-0.15, -0.1) is 0 Å². The van der Waals surface area contributed by atoms with Crippen LogP contribution in [0, 0.1) is 0 Å². The first kappa shape index (κ1) is 20.3. The molecule has 1 unspecified atom stereocenters. The van der Waals surface area contributed by atoms with Crippen LogP contribution in [0.2, 0.25) is 0 Å². The lowest BCUT2D eigenvalue weighted by atomic mass is 10.1. The van der Waals surface area contributed by atoms with Crippen molar-refractivity contribution in [1.29, 1.82) is 0 Å². The quantitative estimate of drug-likeness (QED) is 0.482. The molecule has 3 aromatic rings. The first-order valence-electron chi connectivity index (χ1n) is 11.0. The molecule has 0 saturated carbocycles. The van der Waals surface area contributed by atoms with Crippen molar-refractivity contribution in [2.75, 3.05) is 24.5 Å². The van der Waals surface area contributed by atoms with Crippen molar-refractivity contribution in [2.45, 2.75) is 39.3 Å². The van der Waals surface area contributed by atoms with Gasteiger partial charge in [-0.05, 0) is 56.5 Å². The monoisotopic (exact) mass is 404 g/mol. The van der Waals surface area contributed by atoms with Crippen molar-refractivity contribution in [3.05, 3.63) is 59.9 Å². The Morgan fingerprint density at radius 1 is 1.13 bits per heavy atom. The van der Waals surface area contributed by atoms with Crippen molar-refractivity contribution in [3.8, 4) is 0 Å². The van der Waals surface area contributed by atoms with Gasteiger partial charge in [0, 0.05) is 32.4 Å². The van der Waals surface area contributed by atoms with Gasteiger partial charge in [0.1, 0.15) is 12.4 Å². The van der Waals surface area contributed by atoms with E-state index in [0.717, 1.165) is 42.5 Å². The molecule has 1 fully saturated rings. The number of nitrogens with zero attached hydrogens (tertiary/aromatic N) is 4. The molecule has 4 rings (SSSR count). The second kappa shape index (κ2) is 9.20. The van der Waals surface area contributed by atoms with Gasteiger partial charge in [0.05, 0.1) is 17.1 Å². The number of anilines is 1. The van der Waals surface area contributed by atoms with Crippen molar-refractivity contribution in [3.63, 3.8) is 0 Å². The zero-order valence-corrected chi connectivity index (χ0v) is 18.2. The molecule has 0 aliphatic carbocycles. The largest absolute Gasteiger partial charge is 0.372 e. The van der Waals surface area contributed by atoms with Crippen LogP contribution in [0.25, 0.3) is 11.0 Å². The highest BCUT2D eigenvalue weighted by atomic mass is 15.2.